The van der Waals surface area contributed by atoms with E-state index in [0.29, 0.717) is 6.42 Å². The van der Waals surface area contributed by atoms with Crippen molar-refractivity contribution in [2.45, 2.75) is 64.2 Å². The van der Waals surface area contributed by atoms with Crippen LogP contribution in [0.4, 0.5) is 0 Å². The van der Waals surface area contributed by atoms with Crippen LogP contribution in [-0.4, -0.2) is 70.8 Å². The number of hydrogen-bond donors (Lipinski definition) is 7. The van der Waals surface area contributed by atoms with E-state index in [2.05, 4.69) is 15.6 Å². The zero-order valence-corrected chi connectivity index (χ0v) is 26.1. The maximum Gasteiger partial charge on any atom is 0.246 e. The molecule has 0 radical (unpaired) electrons. The number of fused-ring (bicyclic) bond motifs is 3. The van der Waals surface area contributed by atoms with Gasteiger partial charge in [0.1, 0.15) is 17.8 Å². The van der Waals surface area contributed by atoms with E-state index in [1.807, 2.05) is 50.2 Å². The number of amides is 4. The number of aromatic hydroxyl groups is 1. The Hall–Kier alpha value is -5.17. The van der Waals surface area contributed by atoms with Crippen molar-refractivity contribution in [1.82, 2.24) is 15.5 Å². The summed E-state index contributed by atoms with van der Waals surface area (Å²) in [6.45, 7) is 3.68. The maximum absolute atomic E-state index is 13.8. The van der Waals surface area contributed by atoms with Gasteiger partial charge in [0.25, 0.3) is 0 Å². The third kappa shape index (κ3) is 8.30. The molecule has 1 aliphatic rings. The Labute approximate surface area is 267 Å². The SMILES string of the molecule is Cc1cc(O)cc(C)c1C[C@H](N)C(=O)N[C@H](CCCN=C(N)N)C(=O)N[C@H]1Cc2ccc3ccccc3c2CN(CC(N)=O)C1=O. The Morgan fingerprint density at radius 3 is 2.41 bits per heavy atom. The van der Waals surface area contributed by atoms with Crippen LogP contribution in [0.25, 0.3) is 10.8 Å². The molecule has 4 amide bonds. The van der Waals surface area contributed by atoms with Crippen LogP contribution in [0, 0.1) is 13.8 Å². The highest BCUT2D eigenvalue weighted by Gasteiger charge is 2.34. The second-order valence-corrected chi connectivity index (χ2v) is 11.7. The van der Waals surface area contributed by atoms with Gasteiger partial charge in [0.2, 0.25) is 23.6 Å². The van der Waals surface area contributed by atoms with Gasteiger partial charge in [0.15, 0.2) is 5.96 Å². The number of rotatable bonds is 12. The second-order valence-electron chi connectivity index (χ2n) is 11.7. The molecule has 3 aromatic carbocycles. The standard InChI is InChI=1S/C33H42N8O5/c1-18-12-22(42)13-19(2)24(18)15-26(34)30(44)39-27(8-5-11-38-33(36)37)31(45)40-28-14-21-10-9-20-6-3-4-7-23(20)25(21)16-41(32(28)46)17-29(35)43/h3-4,6-7,9-10,12-13,26-28,42H,5,8,11,14-17,34H2,1-2H3,(H2,35,43)(H,39,44)(H,40,45)(H4,36,37,38)/t26-,27+,28-/m0/s1. The molecule has 11 N–H and O–H groups in total. The summed E-state index contributed by atoms with van der Waals surface area (Å²) in [5.41, 5.74) is 26.8. The van der Waals surface area contributed by atoms with E-state index in [-0.39, 0.29) is 50.6 Å². The number of aryl methyl sites for hydroxylation is 2. The quantitative estimate of drug-likeness (QED) is 0.0823. The lowest BCUT2D eigenvalue weighted by atomic mass is 9.95. The first-order valence-electron chi connectivity index (χ1n) is 15.1. The fourth-order valence-corrected chi connectivity index (χ4v) is 5.92. The largest absolute Gasteiger partial charge is 0.508 e. The van der Waals surface area contributed by atoms with Gasteiger partial charge in [0.05, 0.1) is 12.6 Å². The first-order valence-corrected chi connectivity index (χ1v) is 15.1. The van der Waals surface area contributed by atoms with Gasteiger partial charge in [-0.1, -0.05) is 36.4 Å². The van der Waals surface area contributed by atoms with Crippen LogP contribution in [0.2, 0.25) is 0 Å². The summed E-state index contributed by atoms with van der Waals surface area (Å²) in [7, 11) is 0. The predicted octanol–water partition coefficient (Wildman–Crippen LogP) is 0.125. The molecule has 3 aromatic rings. The molecule has 0 aromatic heterocycles. The first kappa shape index (κ1) is 33.7. The van der Waals surface area contributed by atoms with E-state index < -0.39 is 41.8 Å². The van der Waals surface area contributed by atoms with Gasteiger partial charge in [0, 0.05) is 19.5 Å². The molecular formula is C33H42N8O5. The number of primary amides is 1. The van der Waals surface area contributed by atoms with Gasteiger partial charge < -0.3 is 43.6 Å². The van der Waals surface area contributed by atoms with Crippen molar-refractivity contribution >= 4 is 40.4 Å². The molecule has 3 atom stereocenters. The molecule has 1 aliphatic heterocycles. The summed E-state index contributed by atoms with van der Waals surface area (Å²) in [6, 6.07) is 11.7. The zero-order chi connectivity index (χ0) is 33.5. The van der Waals surface area contributed by atoms with Gasteiger partial charge in [-0.05, 0) is 83.8 Å². The Kier molecular flexibility index (Phi) is 10.8. The molecular weight excluding hydrogens is 588 g/mol. The van der Waals surface area contributed by atoms with Crippen molar-refractivity contribution in [3.05, 3.63) is 76.3 Å². The maximum atomic E-state index is 13.8. The highest BCUT2D eigenvalue weighted by molar-refractivity contribution is 5.95. The average molecular weight is 631 g/mol. The average Bonchev–Trinajstić information content (AvgIpc) is 3.11. The number of carbonyl (C=O) groups excluding carboxylic acids is 4. The monoisotopic (exact) mass is 630 g/mol. The minimum absolute atomic E-state index is 0.100. The van der Waals surface area contributed by atoms with E-state index >= 15 is 0 Å². The minimum Gasteiger partial charge on any atom is -0.508 e. The lowest BCUT2D eigenvalue weighted by molar-refractivity contribution is -0.139. The number of nitrogens with one attached hydrogen (secondary N) is 2. The van der Waals surface area contributed by atoms with Crippen molar-refractivity contribution in [2.75, 3.05) is 13.1 Å². The van der Waals surface area contributed by atoms with Gasteiger partial charge in [-0.3, -0.25) is 24.2 Å². The Morgan fingerprint density at radius 1 is 1.04 bits per heavy atom. The Morgan fingerprint density at radius 2 is 1.74 bits per heavy atom. The van der Waals surface area contributed by atoms with Crippen LogP contribution in [-0.2, 0) is 38.6 Å². The fraction of sp³-hybridized carbons (Fsp3) is 0.364. The second kappa shape index (κ2) is 14.7. The molecule has 46 heavy (non-hydrogen) atoms. The highest BCUT2D eigenvalue weighted by atomic mass is 16.3. The summed E-state index contributed by atoms with van der Waals surface area (Å²) in [4.78, 5) is 58.1. The predicted molar refractivity (Wildman–Crippen MR) is 175 cm³/mol. The number of nitrogens with zero attached hydrogens (tertiary/aromatic N) is 2. The summed E-state index contributed by atoms with van der Waals surface area (Å²) in [5.74, 6) is -2.28. The molecule has 0 fully saturated rings. The number of hydrogen-bond acceptors (Lipinski definition) is 7. The third-order valence-corrected chi connectivity index (χ3v) is 8.20. The molecule has 0 aliphatic carbocycles. The number of carbonyl (C=O) groups is 4. The molecule has 0 saturated carbocycles. The lowest BCUT2D eigenvalue weighted by Gasteiger charge is -2.26. The van der Waals surface area contributed by atoms with Gasteiger partial charge >= 0.3 is 0 Å². The number of guanidine groups is 1. The Bertz CT molecular complexity index is 1650. The van der Waals surface area contributed by atoms with Crippen molar-refractivity contribution in [1.29, 1.82) is 0 Å². The molecule has 0 saturated heterocycles. The van der Waals surface area contributed by atoms with E-state index in [0.717, 1.165) is 38.6 Å². The van der Waals surface area contributed by atoms with E-state index in [4.69, 9.17) is 22.9 Å². The van der Waals surface area contributed by atoms with E-state index in [1.165, 1.54) is 4.90 Å². The number of benzene rings is 3. The number of phenols is 1. The van der Waals surface area contributed by atoms with E-state index in [1.54, 1.807) is 12.1 Å². The summed E-state index contributed by atoms with van der Waals surface area (Å²) < 4.78 is 0. The topological polar surface area (TPSA) is 232 Å². The van der Waals surface area contributed by atoms with Crippen molar-refractivity contribution < 1.29 is 24.3 Å². The summed E-state index contributed by atoms with van der Waals surface area (Å²) in [5, 5.41) is 17.4. The smallest absolute Gasteiger partial charge is 0.246 e. The summed E-state index contributed by atoms with van der Waals surface area (Å²) >= 11 is 0. The van der Waals surface area contributed by atoms with Crippen LogP contribution >= 0.6 is 0 Å². The molecule has 0 bridgehead atoms. The van der Waals surface area contributed by atoms with Crippen LogP contribution in [0.5, 0.6) is 5.75 Å². The molecule has 1 heterocycles. The normalized spacial score (nSPS) is 15.8. The molecule has 0 spiro atoms. The van der Waals surface area contributed by atoms with Crippen molar-refractivity contribution in [2.24, 2.45) is 27.9 Å². The van der Waals surface area contributed by atoms with Crippen LogP contribution in [0.1, 0.15) is 40.7 Å². The molecule has 4 rings (SSSR count). The summed E-state index contributed by atoms with van der Waals surface area (Å²) in [6.07, 6.45) is 0.863. The zero-order valence-electron chi connectivity index (χ0n) is 26.1. The fourth-order valence-electron chi connectivity index (χ4n) is 5.92. The van der Waals surface area contributed by atoms with Crippen molar-refractivity contribution in [3.63, 3.8) is 0 Å². The molecule has 0 unspecified atom stereocenters. The number of aliphatic imine (C=N–C) groups is 1. The molecule has 13 nitrogen and oxygen atoms in total. The van der Waals surface area contributed by atoms with Crippen LogP contribution in [0.3, 0.4) is 0 Å². The van der Waals surface area contributed by atoms with Gasteiger partial charge in [-0.2, -0.15) is 0 Å². The lowest BCUT2D eigenvalue weighted by Crippen LogP contribution is -2.56. The van der Waals surface area contributed by atoms with Gasteiger partial charge in [-0.25, -0.2) is 0 Å². The van der Waals surface area contributed by atoms with Gasteiger partial charge in [-0.15, -0.1) is 0 Å². The molecule has 13 heteroatoms. The number of nitrogens with two attached hydrogens (primary N) is 4. The van der Waals surface area contributed by atoms with E-state index in [9.17, 15) is 24.3 Å². The van der Waals surface area contributed by atoms with Crippen molar-refractivity contribution in [3.8, 4) is 5.75 Å². The van der Waals surface area contributed by atoms with Crippen LogP contribution in [0.15, 0.2) is 53.5 Å². The minimum atomic E-state index is -1.06. The third-order valence-electron chi connectivity index (χ3n) is 8.20. The highest BCUT2D eigenvalue weighted by Crippen LogP contribution is 2.28. The van der Waals surface area contributed by atoms with Crippen LogP contribution < -0.4 is 33.6 Å². The Balaban J connectivity index is 1.57. The first-order chi connectivity index (χ1) is 21.8. The molecule has 244 valence electrons. The number of phenolic OH excluding ortho intramolecular Hbond substituents is 1.